The zero-order chi connectivity index (χ0) is 13.0. The van der Waals surface area contributed by atoms with Crippen LogP contribution in [0.2, 0.25) is 0 Å². The molecule has 0 spiro atoms. The number of carboxylic acids is 1. The lowest BCUT2D eigenvalue weighted by atomic mass is 10.1. The van der Waals surface area contributed by atoms with Crippen LogP contribution < -0.4 is 10.6 Å². The van der Waals surface area contributed by atoms with E-state index in [0.717, 1.165) is 17.7 Å². The van der Waals surface area contributed by atoms with Crippen molar-refractivity contribution < 1.29 is 14.7 Å². The van der Waals surface area contributed by atoms with E-state index in [1.165, 1.54) is 0 Å². The molecule has 1 atom stereocenters. The molecule has 0 aliphatic heterocycles. The van der Waals surface area contributed by atoms with Crippen molar-refractivity contribution in [2.75, 3.05) is 6.54 Å². The van der Waals surface area contributed by atoms with E-state index >= 15 is 0 Å². The van der Waals surface area contributed by atoms with Crippen LogP contribution in [-0.4, -0.2) is 23.7 Å². The monoisotopic (exact) mass is 268 g/mol. The number of hydrogen-bond donors (Lipinski definition) is 3. The standard InChI is InChI=1S/C12H16N2O3S/c15-10(16)5-6-13-12(17)14-11(8-3-4-8)9-2-1-7-18-9/h1-2,7-8,11H,3-6H2,(H,15,16)(H2,13,14,17). The Morgan fingerprint density at radius 1 is 1.50 bits per heavy atom. The lowest BCUT2D eigenvalue weighted by molar-refractivity contribution is -0.136. The second kappa shape index (κ2) is 5.86. The van der Waals surface area contributed by atoms with Gasteiger partial charge < -0.3 is 15.7 Å². The second-order valence-corrected chi connectivity index (χ2v) is 5.35. The summed E-state index contributed by atoms with van der Waals surface area (Å²) in [7, 11) is 0. The summed E-state index contributed by atoms with van der Waals surface area (Å²) in [4.78, 5) is 23.1. The first-order valence-electron chi connectivity index (χ1n) is 5.96. The van der Waals surface area contributed by atoms with Crippen LogP contribution in [0.15, 0.2) is 17.5 Å². The van der Waals surface area contributed by atoms with Gasteiger partial charge >= 0.3 is 12.0 Å². The van der Waals surface area contributed by atoms with Gasteiger partial charge in [0.1, 0.15) is 0 Å². The van der Waals surface area contributed by atoms with Crippen LogP contribution in [0, 0.1) is 5.92 Å². The maximum atomic E-state index is 11.7. The second-order valence-electron chi connectivity index (χ2n) is 4.37. The molecular weight excluding hydrogens is 252 g/mol. The Morgan fingerprint density at radius 3 is 2.83 bits per heavy atom. The number of thiophene rings is 1. The largest absolute Gasteiger partial charge is 0.481 e. The third-order valence-electron chi connectivity index (χ3n) is 2.85. The van der Waals surface area contributed by atoms with Gasteiger partial charge in [-0.15, -0.1) is 11.3 Å². The highest BCUT2D eigenvalue weighted by atomic mass is 32.1. The number of carbonyl (C=O) groups is 2. The molecule has 2 rings (SSSR count). The molecule has 1 aliphatic rings. The Balaban J connectivity index is 1.82. The van der Waals surface area contributed by atoms with Crippen molar-refractivity contribution in [2.45, 2.75) is 25.3 Å². The molecule has 6 heteroatoms. The molecule has 1 aromatic rings. The summed E-state index contributed by atoms with van der Waals surface area (Å²) in [5.41, 5.74) is 0. The first kappa shape index (κ1) is 12.9. The van der Waals surface area contributed by atoms with Crippen molar-refractivity contribution in [3.05, 3.63) is 22.4 Å². The SMILES string of the molecule is O=C(O)CCNC(=O)NC(c1cccs1)C1CC1. The molecule has 1 aromatic heterocycles. The summed E-state index contributed by atoms with van der Waals surface area (Å²) in [6.07, 6.45) is 2.22. The van der Waals surface area contributed by atoms with Crippen molar-refractivity contribution in [2.24, 2.45) is 5.92 Å². The highest BCUT2D eigenvalue weighted by Gasteiger charge is 2.33. The van der Waals surface area contributed by atoms with Crippen LogP contribution in [0.3, 0.4) is 0 Å². The molecule has 0 saturated heterocycles. The fraction of sp³-hybridized carbons (Fsp3) is 0.500. The predicted octanol–water partition coefficient (Wildman–Crippen LogP) is 1.97. The highest BCUT2D eigenvalue weighted by molar-refractivity contribution is 7.10. The summed E-state index contributed by atoms with van der Waals surface area (Å²) < 4.78 is 0. The van der Waals surface area contributed by atoms with Gasteiger partial charge in [-0.05, 0) is 30.2 Å². The average Bonchev–Trinajstić information content (AvgIpc) is 3.00. The van der Waals surface area contributed by atoms with Crippen molar-refractivity contribution in [1.82, 2.24) is 10.6 Å². The van der Waals surface area contributed by atoms with E-state index in [2.05, 4.69) is 10.6 Å². The number of aliphatic carboxylic acids is 1. The molecule has 0 bridgehead atoms. The van der Waals surface area contributed by atoms with Crippen LogP contribution >= 0.6 is 11.3 Å². The number of hydrogen-bond acceptors (Lipinski definition) is 3. The highest BCUT2D eigenvalue weighted by Crippen LogP contribution is 2.42. The summed E-state index contributed by atoms with van der Waals surface area (Å²) in [6, 6.07) is 3.77. The average molecular weight is 268 g/mol. The number of carboxylic acid groups (broad SMARTS) is 1. The first-order chi connectivity index (χ1) is 8.66. The number of nitrogens with one attached hydrogen (secondary N) is 2. The Hall–Kier alpha value is -1.56. The smallest absolute Gasteiger partial charge is 0.315 e. The van der Waals surface area contributed by atoms with E-state index < -0.39 is 5.97 Å². The first-order valence-corrected chi connectivity index (χ1v) is 6.84. The number of rotatable bonds is 6. The maximum Gasteiger partial charge on any atom is 0.315 e. The Bertz CT molecular complexity index is 415. The minimum Gasteiger partial charge on any atom is -0.481 e. The topological polar surface area (TPSA) is 78.4 Å². The van der Waals surface area contributed by atoms with Gasteiger partial charge in [0.25, 0.3) is 0 Å². The fourth-order valence-corrected chi connectivity index (χ4v) is 2.66. The molecule has 1 fully saturated rings. The molecule has 0 radical (unpaired) electrons. The van der Waals surface area contributed by atoms with Crippen LogP contribution in [-0.2, 0) is 4.79 Å². The predicted molar refractivity (Wildman–Crippen MR) is 68.6 cm³/mol. The zero-order valence-electron chi connectivity index (χ0n) is 9.89. The normalized spacial score (nSPS) is 16.0. The minimum atomic E-state index is -0.910. The van der Waals surface area contributed by atoms with E-state index in [1.54, 1.807) is 11.3 Å². The third kappa shape index (κ3) is 3.73. The van der Waals surface area contributed by atoms with E-state index in [-0.39, 0.29) is 25.0 Å². The molecule has 2 amide bonds. The van der Waals surface area contributed by atoms with Crippen molar-refractivity contribution in [3.8, 4) is 0 Å². The van der Waals surface area contributed by atoms with E-state index in [9.17, 15) is 9.59 Å². The van der Waals surface area contributed by atoms with Crippen molar-refractivity contribution in [3.63, 3.8) is 0 Å². The third-order valence-corrected chi connectivity index (χ3v) is 3.81. The lowest BCUT2D eigenvalue weighted by Crippen LogP contribution is -2.39. The summed E-state index contributed by atoms with van der Waals surface area (Å²) >= 11 is 1.63. The van der Waals surface area contributed by atoms with E-state index in [4.69, 9.17) is 5.11 Å². The molecule has 3 N–H and O–H groups in total. The zero-order valence-corrected chi connectivity index (χ0v) is 10.7. The Labute approximate surface area is 109 Å². The van der Waals surface area contributed by atoms with Crippen molar-refractivity contribution in [1.29, 1.82) is 0 Å². The van der Waals surface area contributed by atoms with Gasteiger partial charge in [-0.25, -0.2) is 4.79 Å². The molecular formula is C12H16N2O3S. The van der Waals surface area contributed by atoms with Crippen LogP contribution in [0.1, 0.15) is 30.2 Å². The van der Waals surface area contributed by atoms with E-state index in [1.807, 2.05) is 17.5 Å². The van der Waals surface area contributed by atoms with Gasteiger partial charge in [-0.3, -0.25) is 4.79 Å². The summed E-state index contributed by atoms with van der Waals surface area (Å²) in [5.74, 6) is -0.388. The van der Waals surface area contributed by atoms with Gasteiger partial charge in [0.15, 0.2) is 0 Å². The van der Waals surface area contributed by atoms with Gasteiger partial charge in [0.2, 0.25) is 0 Å². The van der Waals surface area contributed by atoms with E-state index in [0.29, 0.717) is 5.92 Å². The molecule has 1 heterocycles. The molecule has 1 unspecified atom stereocenters. The van der Waals surface area contributed by atoms with Gasteiger partial charge in [-0.2, -0.15) is 0 Å². The molecule has 98 valence electrons. The quantitative estimate of drug-likeness (QED) is 0.738. The van der Waals surface area contributed by atoms with Gasteiger partial charge in [0, 0.05) is 11.4 Å². The van der Waals surface area contributed by atoms with Crippen LogP contribution in [0.4, 0.5) is 4.79 Å². The molecule has 18 heavy (non-hydrogen) atoms. The van der Waals surface area contributed by atoms with Crippen LogP contribution in [0.5, 0.6) is 0 Å². The number of carbonyl (C=O) groups excluding carboxylic acids is 1. The summed E-state index contributed by atoms with van der Waals surface area (Å²) in [6.45, 7) is 0.156. The maximum absolute atomic E-state index is 11.7. The number of urea groups is 1. The minimum absolute atomic E-state index is 0.0550. The lowest BCUT2D eigenvalue weighted by Gasteiger charge is -2.17. The van der Waals surface area contributed by atoms with Gasteiger partial charge in [0.05, 0.1) is 12.5 Å². The molecule has 0 aromatic carbocycles. The fourth-order valence-electron chi connectivity index (χ4n) is 1.79. The van der Waals surface area contributed by atoms with Crippen molar-refractivity contribution >= 4 is 23.3 Å². The molecule has 1 saturated carbocycles. The number of amides is 2. The van der Waals surface area contributed by atoms with Crippen LogP contribution in [0.25, 0.3) is 0 Å². The molecule has 1 aliphatic carbocycles. The molecule has 5 nitrogen and oxygen atoms in total. The van der Waals surface area contributed by atoms with Gasteiger partial charge in [-0.1, -0.05) is 6.07 Å². The Morgan fingerprint density at radius 2 is 2.28 bits per heavy atom. The Kier molecular flexibility index (Phi) is 4.19. The summed E-state index contributed by atoms with van der Waals surface area (Å²) in [5, 5.41) is 16.0.